The van der Waals surface area contributed by atoms with Crippen LogP contribution in [0.1, 0.15) is 43.4 Å². The predicted octanol–water partition coefficient (Wildman–Crippen LogP) is 6.39. The lowest BCUT2D eigenvalue weighted by atomic mass is 10.0. The number of nitro groups is 1. The molecule has 0 saturated carbocycles. The quantitative estimate of drug-likeness (QED) is 0.173. The number of carbonyl (C=O) groups is 1. The number of rotatable bonds is 6. The topological polar surface area (TPSA) is 111 Å². The van der Waals surface area contributed by atoms with Crippen LogP contribution < -0.4 is 14.9 Å². The van der Waals surface area contributed by atoms with Crippen molar-refractivity contribution >= 4 is 40.0 Å². The lowest BCUT2D eigenvalue weighted by molar-refractivity contribution is -0.385. The van der Waals surface area contributed by atoms with Crippen molar-refractivity contribution in [3.63, 3.8) is 0 Å². The zero-order valence-corrected chi connectivity index (χ0v) is 22.8. The van der Waals surface area contributed by atoms with E-state index < -0.39 is 0 Å². The van der Waals surface area contributed by atoms with E-state index >= 15 is 0 Å². The van der Waals surface area contributed by atoms with Gasteiger partial charge in [0.05, 0.1) is 27.7 Å². The Labute approximate surface area is 229 Å². The van der Waals surface area contributed by atoms with Crippen molar-refractivity contribution in [1.29, 1.82) is 0 Å². The van der Waals surface area contributed by atoms with E-state index in [2.05, 4.69) is 31.3 Å². The Morgan fingerprint density at radius 1 is 1.13 bits per heavy atom. The largest absolute Gasteiger partial charge is 0.482 e. The highest BCUT2D eigenvalue weighted by atomic mass is 32.1. The van der Waals surface area contributed by atoms with E-state index in [-0.39, 0.29) is 23.1 Å². The molecule has 198 valence electrons. The van der Waals surface area contributed by atoms with Crippen LogP contribution in [0.25, 0.3) is 11.3 Å². The smallest absolute Gasteiger partial charge is 0.272 e. The molecule has 0 unspecified atom stereocenters. The molecule has 0 aliphatic carbocycles. The number of aryl methyl sites for hydroxylation is 1. The summed E-state index contributed by atoms with van der Waals surface area (Å²) in [5.41, 5.74) is 5.99. The van der Waals surface area contributed by atoms with Gasteiger partial charge in [-0.3, -0.25) is 14.9 Å². The van der Waals surface area contributed by atoms with Gasteiger partial charge in [-0.25, -0.2) is 9.67 Å². The maximum absolute atomic E-state index is 11.9. The Morgan fingerprint density at radius 3 is 2.62 bits per heavy atom. The van der Waals surface area contributed by atoms with Gasteiger partial charge in [0.2, 0.25) is 4.80 Å². The van der Waals surface area contributed by atoms with Gasteiger partial charge < -0.3 is 10.1 Å². The molecule has 1 aromatic heterocycles. The average Bonchev–Trinajstić information content (AvgIpc) is 3.30. The maximum atomic E-state index is 11.9. The number of nitro benzene ring substituents is 1. The molecular weight excluding hydrogens is 514 g/mol. The van der Waals surface area contributed by atoms with Gasteiger partial charge in [0, 0.05) is 28.1 Å². The summed E-state index contributed by atoms with van der Waals surface area (Å²) in [4.78, 5) is 28.5. The van der Waals surface area contributed by atoms with Crippen LogP contribution in [-0.4, -0.2) is 27.8 Å². The molecule has 1 aliphatic heterocycles. The highest BCUT2D eigenvalue weighted by Gasteiger charge is 2.18. The van der Waals surface area contributed by atoms with Crippen LogP contribution in [0.4, 0.5) is 17.1 Å². The van der Waals surface area contributed by atoms with Gasteiger partial charge in [0.15, 0.2) is 6.61 Å². The van der Waals surface area contributed by atoms with Gasteiger partial charge >= 0.3 is 0 Å². The second kappa shape index (κ2) is 10.7. The molecule has 3 aromatic carbocycles. The molecule has 2 heterocycles. The fourth-order valence-corrected chi connectivity index (χ4v) is 5.05. The lowest BCUT2D eigenvalue weighted by Crippen LogP contribution is -2.25. The van der Waals surface area contributed by atoms with E-state index in [9.17, 15) is 14.9 Å². The minimum Gasteiger partial charge on any atom is -0.482 e. The van der Waals surface area contributed by atoms with Gasteiger partial charge in [0.1, 0.15) is 5.75 Å². The number of hydrogen-bond acceptors (Lipinski definition) is 7. The Balaban J connectivity index is 1.65. The van der Waals surface area contributed by atoms with Crippen molar-refractivity contribution in [3.8, 4) is 17.0 Å². The molecule has 0 fully saturated rings. The number of aromatic nitrogens is 1. The number of anilines is 1. The Hall–Kier alpha value is -4.57. The summed E-state index contributed by atoms with van der Waals surface area (Å²) in [5, 5.41) is 21.2. The monoisotopic (exact) mass is 541 g/mol. The molecule has 0 atom stereocenters. The van der Waals surface area contributed by atoms with E-state index in [1.807, 2.05) is 48.7 Å². The van der Waals surface area contributed by atoms with Crippen molar-refractivity contribution in [1.82, 2.24) is 4.68 Å². The van der Waals surface area contributed by atoms with Gasteiger partial charge in [-0.15, -0.1) is 11.3 Å². The Bertz CT molecular complexity index is 1680. The third-order valence-electron chi connectivity index (χ3n) is 6.45. The third-order valence-corrected chi connectivity index (χ3v) is 7.27. The van der Waals surface area contributed by atoms with Crippen molar-refractivity contribution < 1.29 is 14.5 Å². The molecule has 5 rings (SSSR count). The number of hydrogen-bond donors (Lipinski definition) is 1. The minimum absolute atomic E-state index is 0.0183. The molecule has 39 heavy (non-hydrogen) atoms. The zero-order valence-electron chi connectivity index (χ0n) is 22.0. The number of nitrogens with one attached hydrogen (secondary N) is 1. The van der Waals surface area contributed by atoms with Crippen molar-refractivity contribution in [2.24, 2.45) is 10.1 Å². The number of thiazole rings is 1. The number of carbonyl (C=O) groups excluding carboxylic acids is 1. The SMILES string of the molecule is CC(=Nn1c(-c2ccc3c(c2)NC(=O)CO3)csc1=Nc1ccc(C(C)C)cc1)c1ccc(C)c([N+](=O)[O-])c1. The van der Waals surface area contributed by atoms with Crippen LogP contribution in [0.5, 0.6) is 5.75 Å². The number of ether oxygens (including phenoxy) is 1. The van der Waals surface area contributed by atoms with Crippen LogP contribution >= 0.6 is 11.3 Å². The van der Waals surface area contributed by atoms with Crippen molar-refractivity contribution in [2.45, 2.75) is 33.6 Å². The normalized spacial score (nSPS) is 13.7. The van der Waals surface area contributed by atoms with Gasteiger partial charge in [-0.05, 0) is 55.7 Å². The number of nitrogens with zero attached hydrogens (tertiary/aromatic N) is 4. The molecule has 0 saturated heterocycles. The average molecular weight is 542 g/mol. The van der Waals surface area contributed by atoms with E-state index in [4.69, 9.17) is 14.8 Å². The molecule has 1 N–H and O–H groups in total. The molecule has 9 nitrogen and oxygen atoms in total. The summed E-state index contributed by atoms with van der Waals surface area (Å²) in [6.45, 7) is 7.79. The molecule has 0 spiro atoms. The lowest BCUT2D eigenvalue weighted by Gasteiger charge is -2.18. The first-order valence-electron chi connectivity index (χ1n) is 12.4. The van der Waals surface area contributed by atoms with E-state index in [0.717, 1.165) is 16.9 Å². The van der Waals surface area contributed by atoms with Crippen LogP contribution in [0, 0.1) is 17.0 Å². The maximum Gasteiger partial charge on any atom is 0.272 e. The summed E-state index contributed by atoms with van der Waals surface area (Å²) in [7, 11) is 0. The van der Waals surface area contributed by atoms with Gasteiger partial charge in [0.25, 0.3) is 11.6 Å². The first-order valence-corrected chi connectivity index (χ1v) is 13.3. The van der Waals surface area contributed by atoms with E-state index in [0.29, 0.717) is 39.0 Å². The predicted molar refractivity (Wildman–Crippen MR) is 153 cm³/mol. The van der Waals surface area contributed by atoms with Gasteiger partial charge in [-0.2, -0.15) is 5.10 Å². The summed E-state index contributed by atoms with van der Waals surface area (Å²) >= 11 is 1.42. The zero-order chi connectivity index (χ0) is 27.7. The minimum atomic E-state index is -0.389. The highest BCUT2D eigenvalue weighted by molar-refractivity contribution is 7.07. The van der Waals surface area contributed by atoms with E-state index in [1.54, 1.807) is 17.7 Å². The Morgan fingerprint density at radius 2 is 1.90 bits per heavy atom. The first kappa shape index (κ1) is 26.1. The van der Waals surface area contributed by atoms with Crippen LogP contribution in [0.15, 0.2) is 76.1 Å². The molecular formula is C29H27N5O4S. The number of amides is 1. The van der Waals surface area contributed by atoms with E-state index in [1.165, 1.54) is 23.0 Å². The van der Waals surface area contributed by atoms with Crippen molar-refractivity contribution in [2.75, 3.05) is 11.9 Å². The highest BCUT2D eigenvalue weighted by Crippen LogP contribution is 2.33. The summed E-state index contributed by atoms with van der Waals surface area (Å²) in [6, 6.07) is 18.7. The summed E-state index contributed by atoms with van der Waals surface area (Å²) < 4.78 is 7.24. The van der Waals surface area contributed by atoms with Gasteiger partial charge in [-0.1, -0.05) is 38.1 Å². The third kappa shape index (κ3) is 5.51. The first-order chi connectivity index (χ1) is 18.7. The Kier molecular flexibility index (Phi) is 7.12. The second-order valence-corrected chi connectivity index (χ2v) is 10.4. The molecule has 0 radical (unpaired) electrons. The molecule has 0 bridgehead atoms. The number of benzene rings is 3. The number of fused-ring (bicyclic) bond motifs is 1. The van der Waals surface area contributed by atoms with Crippen molar-refractivity contribution in [3.05, 3.63) is 97.6 Å². The van der Waals surface area contributed by atoms with Crippen LogP contribution in [0.3, 0.4) is 0 Å². The van der Waals surface area contributed by atoms with Crippen LogP contribution in [-0.2, 0) is 4.79 Å². The second-order valence-electron chi connectivity index (χ2n) is 9.56. The fourth-order valence-electron chi connectivity index (χ4n) is 4.20. The molecule has 4 aromatic rings. The fraction of sp³-hybridized carbons (Fsp3) is 0.207. The van der Waals surface area contributed by atoms with Crippen LogP contribution in [0.2, 0.25) is 0 Å². The standard InChI is InChI=1S/C29H27N5O4S/c1-17(2)20-7-10-23(11-8-20)30-29-33(32-19(4)21-6-5-18(3)25(14-21)34(36)37)26(16-39-29)22-9-12-27-24(13-22)31-28(35)15-38-27/h5-14,16-17H,15H2,1-4H3,(H,31,35). The molecule has 10 heteroatoms. The summed E-state index contributed by atoms with van der Waals surface area (Å²) in [6.07, 6.45) is 0. The molecule has 1 aliphatic rings. The molecule has 1 amide bonds. The summed E-state index contributed by atoms with van der Waals surface area (Å²) in [5.74, 6) is 0.798.